The molecule has 0 unspecified atom stereocenters. The maximum Gasteiger partial charge on any atom is 0.321 e. The Morgan fingerprint density at radius 3 is 2.28 bits per heavy atom. The highest BCUT2D eigenvalue weighted by Crippen LogP contribution is 2.26. The molecule has 6 nitrogen and oxygen atoms in total. The highest BCUT2D eigenvalue weighted by Gasteiger charge is 2.29. The molecule has 0 spiro atoms. The maximum absolute atomic E-state index is 13.2. The van der Waals surface area contributed by atoms with E-state index in [4.69, 9.17) is 0 Å². The van der Waals surface area contributed by atoms with Gasteiger partial charge in [-0.25, -0.2) is 4.79 Å². The zero-order valence-electron chi connectivity index (χ0n) is 19.0. The number of nitrogens with one attached hydrogen (secondary N) is 1. The van der Waals surface area contributed by atoms with Crippen LogP contribution < -0.4 is 10.2 Å². The Balaban J connectivity index is 1.30. The summed E-state index contributed by atoms with van der Waals surface area (Å²) in [5.74, 6) is 0.157. The first kappa shape index (κ1) is 22.2. The second-order valence-corrected chi connectivity index (χ2v) is 8.93. The predicted molar refractivity (Wildman–Crippen MR) is 129 cm³/mol. The van der Waals surface area contributed by atoms with Crippen LogP contribution in [0.4, 0.5) is 16.2 Å². The Labute approximate surface area is 191 Å². The summed E-state index contributed by atoms with van der Waals surface area (Å²) < 4.78 is 0. The number of piperidine rings is 2. The lowest BCUT2D eigenvalue weighted by Crippen LogP contribution is -2.44. The first-order valence-electron chi connectivity index (χ1n) is 11.8. The smallest absolute Gasteiger partial charge is 0.321 e. The third kappa shape index (κ3) is 5.42. The third-order valence-corrected chi connectivity index (χ3v) is 6.63. The van der Waals surface area contributed by atoms with Crippen LogP contribution in [0.3, 0.4) is 0 Å². The summed E-state index contributed by atoms with van der Waals surface area (Å²) in [5, 5.41) is 2.94. The van der Waals surface area contributed by atoms with E-state index in [0.29, 0.717) is 32.5 Å². The van der Waals surface area contributed by atoms with Gasteiger partial charge in [-0.05, 0) is 55.9 Å². The lowest BCUT2D eigenvalue weighted by molar-refractivity contribution is -0.136. The molecule has 0 saturated carbocycles. The largest absolute Gasteiger partial charge is 0.371 e. The molecule has 2 fully saturated rings. The van der Waals surface area contributed by atoms with Crippen LogP contribution in [-0.2, 0) is 11.3 Å². The first-order valence-corrected chi connectivity index (χ1v) is 11.8. The highest BCUT2D eigenvalue weighted by molar-refractivity contribution is 5.89. The molecule has 32 heavy (non-hydrogen) atoms. The quantitative estimate of drug-likeness (QED) is 0.749. The van der Waals surface area contributed by atoms with E-state index in [0.717, 1.165) is 18.8 Å². The van der Waals surface area contributed by atoms with E-state index in [1.54, 1.807) is 0 Å². The van der Waals surface area contributed by atoms with Gasteiger partial charge >= 0.3 is 6.03 Å². The normalized spacial score (nSPS) is 17.2. The third-order valence-electron chi connectivity index (χ3n) is 6.63. The number of benzene rings is 2. The summed E-state index contributed by atoms with van der Waals surface area (Å²) in [6.45, 7) is 4.02. The molecule has 2 aliphatic rings. The zero-order chi connectivity index (χ0) is 22.3. The fraction of sp³-hybridized carbons (Fsp3) is 0.462. The molecule has 2 heterocycles. The van der Waals surface area contributed by atoms with Gasteiger partial charge in [-0.1, -0.05) is 36.4 Å². The Kier molecular flexibility index (Phi) is 7.30. The van der Waals surface area contributed by atoms with E-state index in [-0.39, 0.29) is 17.9 Å². The van der Waals surface area contributed by atoms with Crippen molar-refractivity contribution < 1.29 is 9.59 Å². The second-order valence-electron chi connectivity index (χ2n) is 8.93. The van der Waals surface area contributed by atoms with Crippen LogP contribution in [0.2, 0.25) is 0 Å². The number of para-hydroxylation sites is 2. The average Bonchev–Trinajstić information content (AvgIpc) is 2.85. The number of carbonyl (C=O) groups is 2. The molecule has 0 bridgehead atoms. The molecule has 4 rings (SSSR count). The lowest BCUT2D eigenvalue weighted by atomic mass is 9.95. The standard InChI is InChI=1S/C26H34N4O2/c1-28(20-22-10-6-7-13-24(22)29-16-8-3-9-17-29)25(31)21-14-18-30(19-15-21)26(32)27-23-11-4-2-5-12-23/h2,4-7,10-13,21H,3,8-9,14-20H2,1H3,(H,27,32). The van der Waals surface area contributed by atoms with E-state index in [9.17, 15) is 9.59 Å². The number of nitrogens with zero attached hydrogens (tertiary/aromatic N) is 3. The zero-order valence-corrected chi connectivity index (χ0v) is 19.0. The number of hydrogen-bond donors (Lipinski definition) is 1. The van der Waals surface area contributed by atoms with Crippen LogP contribution in [0, 0.1) is 5.92 Å². The molecule has 2 aromatic rings. The molecule has 2 saturated heterocycles. The number of anilines is 2. The topological polar surface area (TPSA) is 55.9 Å². The van der Waals surface area contributed by atoms with Crippen molar-refractivity contribution in [3.63, 3.8) is 0 Å². The van der Waals surface area contributed by atoms with Gasteiger partial charge in [-0.2, -0.15) is 0 Å². The van der Waals surface area contributed by atoms with Crippen LogP contribution in [0.25, 0.3) is 0 Å². The van der Waals surface area contributed by atoms with Crippen molar-refractivity contribution in [1.29, 1.82) is 0 Å². The van der Waals surface area contributed by atoms with E-state index < -0.39 is 0 Å². The summed E-state index contributed by atoms with van der Waals surface area (Å²) in [6.07, 6.45) is 5.19. The van der Waals surface area contributed by atoms with Crippen molar-refractivity contribution in [2.24, 2.45) is 5.92 Å². The molecule has 0 radical (unpaired) electrons. The van der Waals surface area contributed by atoms with Gasteiger partial charge in [0.05, 0.1) is 0 Å². The second kappa shape index (κ2) is 10.5. The Morgan fingerprint density at radius 2 is 1.56 bits per heavy atom. The Bertz CT molecular complexity index is 903. The Morgan fingerprint density at radius 1 is 0.906 bits per heavy atom. The van der Waals surface area contributed by atoms with Crippen LogP contribution in [0.1, 0.15) is 37.7 Å². The summed E-state index contributed by atoms with van der Waals surface area (Å²) in [6, 6.07) is 17.9. The minimum absolute atomic E-state index is 0.0251. The molecule has 0 aromatic heterocycles. The van der Waals surface area contributed by atoms with E-state index >= 15 is 0 Å². The molecule has 170 valence electrons. The summed E-state index contributed by atoms with van der Waals surface area (Å²) in [7, 11) is 1.91. The first-order chi connectivity index (χ1) is 15.6. The van der Waals surface area contributed by atoms with Crippen LogP contribution in [0.5, 0.6) is 0 Å². The maximum atomic E-state index is 13.2. The fourth-order valence-corrected chi connectivity index (χ4v) is 4.79. The molecule has 6 heteroatoms. The van der Waals surface area contributed by atoms with E-state index in [2.05, 4.69) is 34.5 Å². The Hall–Kier alpha value is -3.02. The molecular formula is C26H34N4O2. The summed E-state index contributed by atoms with van der Waals surface area (Å²) in [5.41, 5.74) is 3.27. The summed E-state index contributed by atoms with van der Waals surface area (Å²) >= 11 is 0. The van der Waals surface area contributed by atoms with Gasteiger partial charge < -0.3 is 20.0 Å². The van der Waals surface area contributed by atoms with Gasteiger partial charge in [-0.15, -0.1) is 0 Å². The molecule has 0 atom stereocenters. The SMILES string of the molecule is CN(Cc1ccccc1N1CCCCC1)C(=O)C1CCN(C(=O)Nc2ccccc2)CC1. The molecule has 3 amide bonds. The molecule has 0 aliphatic carbocycles. The van der Waals surface area contributed by atoms with E-state index in [1.807, 2.05) is 47.2 Å². The van der Waals surface area contributed by atoms with Gasteiger partial charge in [-0.3, -0.25) is 4.79 Å². The predicted octanol–water partition coefficient (Wildman–Crippen LogP) is 4.58. The van der Waals surface area contributed by atoms with Crippen LogP contribution in [0.15, 0.2) is 54.6 Å². The number of likely N-dealkylation sites (tertiary alicyclic amines) is 1. The van der Waals surface area contributed by atoms with Crippen LogP contribution >= 0.6 is 0 Å². The number of carbonyl (C=O) groups excluding carboxylic acids is 2. The van der Waals surface area contributed by atoms with Gasteiger partial charge in [0, 0.05) is 57.1 Å². The monoisotopic (exact) mass is 434 g/mol. The van der Waals surface area contributed by atoms with Crippen molar-refractivity contribution in [2.45, 2.75) is 38.6 Å². The number of hydrogen-bond acceptors (Lipinski definition) is 3. The van der Waals surface area contributed by atoms with Crippen molar-refractivity contribution in [3.05, 3.63) is 60.2 Å². The van der Waals surface area contributed by atoms with E-state index in [1.165, 1.54) is 30.5 Å². The number of urea groups is 1. The highest BCUT2D eigenvalue weighted by atomic mass is 16.2. The lowest BCUT2D eigenvalue weighted by Gasteiger charge is -2.34. The number of rotatable bonds is 5. The van der Waals surface area contributed by atoms with Crippen molar-refractivity contribution >= 4 is 23.3 Å². The van der Waals surface area contributed by atoms with Gasteiger partial charge in [0.25, 0.3) is 0 Å². The van der Waals surface area contributed by atoms with Gasteiger partial charge in [0.1, 0.15) is 0 Å². The summed E-state index contributed by atoms with van der Waals surface area (Å²) in [4.78, 5) is 31.8. The van der Waals surface area contributed by atoms with Gasteiger partial charge in [0.2, 0.25) is 5.91 Å². The molecule has 1 N–H and O–H groups in total. The molecule has 2 aliphatic heterocycles. The molecular weight excluding hydrogens is 400 g/mol. The van der Waals surface area contributed by atoms with Crippen LogP contribution in [-0.4, -0.2) is 55.0 Å². The minimum atomic E-state index is -0.0917. The van der Waals surface area contributed by atoms with Gasteiger partial charge in [0.15, 0.2) is 0 Å². The molecule has 2 aromatic carbocycles. The minimum Gasteiger partial charge on any atom is -0.371 e. The fourth-order valence-electron chi connectivity index (χ4n) is 4.79. The average molecular weight is 435 g/mol. The van der Waals surface area contributed by atoms with Crippen molar-refractivity contribution in [3.8, 4) is 0 Å². The van der Waals surface area contributed by atoms with Crippen molar-refractivity contribution in [1.82, 2.24) is 9.80 Å². The number of amides is 3. The van der Waals surface area contributed by atoms with Crippen molar-refractivity contribution in [2.75, 3.05) is 43.4 Å².